The molecule has 6 heteroatoms. The van der Waals surface area contributed by atoms with Gasteiger partial charge in [0.15, 0.2) is 0 Å². The van der Waals surface area contributed by atoms with Crippen molar-refractivity contribution in [3.8, 4) is 0 Å². The van der Waals surface area contributed by atoms with Gasteiger partial charge in [-0.25, -0.2) is 13.1 Å². The molecule has 0 amide bonds. The van der Waals surface area contributed by atoms with Crippen LogP contribution in [0.2, 0.25) is 0 Å². The largest absolute Gasteiger partial charge is 0.299 e. The van der Waals surface area contributed by atoms with E-state index in [4.69, 9.17) is 0 Å². The van der Waals surface area contributed by atoms with E-state index in [1.807, 2.05) is 12.1 Å². The van der Waals surface area contributed by atoms with Crippen LogP contribution < -0.4 is 4.72 Å². The van der Waals surface area contributed by atoms with Crippen LogP contribution in [0.15, 0.2) is 29.2 Å². The number of sulfonamides is 1. The van der Waals surface area contributed by atoms with Crippen molar-refractivity contribution >= 4 is 26.0 Å². The number of nitrogens with zero attached hydrogens (tertiary/aromatic N) is 1. The van der Waals surface area contributed by atoms with Gasteiger partial charge in [-0.1, -0.05) is 34.5 Å². The molecule has 0 radical (unpaired) electrons. The van der Waals surface area contributed by atoms with Crippen LogP contribution in [0.25, 0.3) is 0 Å². The average molecular weight is 375 g/mol. The molecule has 1 aromatic carbocycles. The van der Waals surface area contributed by atoms with E-state index in [1.165, 1.54) is 19.3 Å². The molecular weight excluding hydrogens is 352 g/mol. The summed E-state index contributed by atoms with van der Waals surface area (Å²) in [5.41, 5.74) is 1.07. The van der Waals surface area contributed by atoms with E-state index in [2.05, 4.69) is 32.5 Å². The molecule has 0 bridgehead atoms. The average Bonchev–Trinajstić information content (AvgIpc) is 2.53. The van der Waals surface area contributed by atoms with Gasteiger partial charge in [0.2, 0.25) is 10.0 Å². The van der Waals surface area contributed by atoms with Crippen LogP contribution in [0.5, 0.6) is 0 Å². The molecule has 1 aliphatic rings. The minimum Gasteiger partial charge on any atom is -0.299 e. The SMILES string of the molecule is CC(CNS(=O)(=O)c1ccc(CBr)cc1)N1CCCCC1. The molecule has 1 aromatic rings. The second-order valence-corrected chi connectivity index (χ2v) is 7.90. The first-order chi connectivity index (χ1) is 10.0. The summed E-state index contributed by atoms with van der Waals surface area (Å²) in [6, 6.07) is 7.21. The molecule has 1 N–H and O–H groups in total. The zero-order chi connectivity index (χ0) is 15.3. The Hall–Kier alpha value is -0.430. The number of hydrogen-bond acceptors (Lipinski definition) is 3. The molecule has 4 nitrogen and oxygen atoms in total. The first-order valence-corrected chi connectivity index (χ1v) is 10.0. The number of nitrogens with one attached hydrogen (secondary N) is 1. The lowest BCUT2D eigenvalue weighted by Crippen LogP contribution is -2.44. The van der Waals surface area contributed by atoms with Crippen LogP contribution in [0.3, 0.4) is 0 Å². The van der Waals surface area contributed by atoms with Gasteiger partial charge in [0, 0.05) is 17.9 Å². The molecule has 1 unspecified atom stereocenters. The van der Waals surface area contributed by atoms with Gasteiger partial charge in [-0.05, 0) is 50.6 Å². The van der Waals surface area contributed by atoms with Crippen molar-refractivity contribution in [2.24, 2.45) is 0 Å². The maximum absolute atomic E-state index is 12.3. The molecule has 2 rings (SSSR count). The van der Waals surface area contributed by atoms with Crippen molar-refractivity contribution in [3.05, 3.63) is 29.8 Å². The van der Waals surface area contributed by atoms with Crippen molar-refractivity contribution in [1.29, 1.82) is 0 Å². The molecule has 118 valence electrons. The first kappa shape index (κ1) is 16.9. The van der Waals surface area contributed by atoms with Gasteiger partial charge in [-0.15, -0.1) is 0 Å². The van der Waals surface area contributed by atoms with Gasteiger partial charge in [0.25, 0.3) is 0 Å². The monoisotopic (exact) mass is 374 g/mol. The van der Waals surface area contributed by atoms with Crippen LogP contribution in [0.1, 0.15) is 31.7 Å². The lowest BCUT2D eigenvalue weighted by atomic mass is 10.1. The van der Waals surface area contributed by atoms with Crippen molar-refractivity contribution < 1.29 is 8.42 Å². The molecule has 0 spiro atoms. The fourth-order valence-corrected chi connectivity index (χ4v) is 4.06. The smallest absolute Gasteiger partial charge is 0.240 e. The van der Waals surface area contributed by atoms with Crippen molar-refractivity contribution in [2.75, 3.05) is 19.6 Å². The number of alkyl halides is 1. The maximum atomic E-state index is 12.3. The Bertz CT molecular complexity index is 539. The van der Waals surface area contributed by atoms with Crippen molar-refractivity contribution in [1.82, 2.24) is 9.62 Å². The molecule has 0 aromatic heterocycles. The van der Waals surface area contributed by atoms with Crippen LogP contribution in [0.4, 0.5) is 0 Å². The second kappa shape index (κ2) is 7.72. The quantitative estimate of drug-likeness (QED) is 0.778. The summed E-state index contributed by atoms with van der Waals surface area (Å²) in [4.78, 5) is 2.69. The van der Waals surface area contributed by atoms with E-state index in [1.54, 1.807) is 12.1 Å². The lowest BCUT2D eigenvalue weighted by molar-refractivity contribution is 0.175. The van der Waals surface area contributed by atoms with Crippen LogP contribution in [0, 0.1) is 0 Å². The highest BCUT2D eigenvalue weighted by molar-refractivity contribution is 9.08. The maximum Gasteiger partial charge on any atom is 0.240 e. The van der Waals surface area contributed by atoms with Crippen LogP contribution in [-0.4, -0.2) is 39.0 Å². The molecule has 0 aliphatic carbocycles. The zero-order valence-corrected chi connectivity index (χ0v) is 14.8. The molecule has 0 saturated carbocycles. The third-order valence-electron chi connectivity index (χ3n) is 3.97. The third kappa shape index (κ3) is 4.77. The number of rotatable bonds is 6. The molecule has 1 aliphatic heterocycles. The molecule has 1 saturated heterocycles. The van der Waals surface area contributed by atoms with Gasteiger partial charge < -0.3 is 0 Å². The topological polar surface area (TPSA) is 49.4 Å². The van der Waals surface area contributed by atoms with E-state index in [9.17, 15) is 8.42 Å². The van der Waals surface area contributed by atoms with Gasteiger partial charge >= 0.3 is 0 Å². The Balaban J connectivity index is 1.93. The predicted octanol–water partition coefficient (Wildman–Crippen LogP) is 2.73. The van der Waals surface area contributed by atoms with Crippen molar-refractivity contribution in [2.45, 2.75) is 42.5 Å². The Morgan fingerprint density at radius 3 is 2.38 bits per heavy atom. The van der Waals surface area contributed by atoms with Gasteiger partial charge in [-0.2, -0.15) is 0 Å². The molecular formula is C15H23BrN2O2S. The van der Waals surface area contributed by atoms with Crippen LogP contribution in [-0.2, 0) is 15.4 Å². The Labute approximate surface area is 136 Å². The highest BCUT2D eigenvalue weighted by atomic mass is 79.9. The van der Waals surface area contributed by atoms with Crippen molar-refractivity contribution in [3.63, 3.8) is 0 Å². The number of halogens is 1. The molecule has 1 atom stereocenters. The van der Waals surface area contributed by atoms with E-state index in [0.29, 0.717) is 11.4 Å². The predicted molar refractivity (Wildman–Crippen MR) is 89.1 cm³/mol. The number of likely N-dealkylation sites (tertiary alicyclic amines) is 1. The fraction of sp³-hybridized carbons (Fsp3) is 0.600. The first-order valence-electron chi connectivity index (χ1n) is 7.41. The van der Waals surface area contributed by atoms with E-state index >= 15 is 0 Å². The number of piperidine rings is 1. The Kier molecular flexibility index (Phi) is 6.22. The summed E-state index contributed by atoms with van der Waals surface area (Å²) in [6.07, 6.45) is 3.71. The number of hydrogen-bond donors (Lipinski definition) is 1. The Morgan fingerprint density at radius 2 is 1.81 bits per heavy atom. The summed E-state index contributed by atoms with van der Waals surface area (Å²) in [5, 5.41) is 0.729. The normalized spacial score (nSPS) is 18.6. The lowest BCUT2D eigenvalue weighted by Gasteiger charge is -2.32. The molecule has 1 heterocycles. The Morgan fingerprint density at radius 1 is 1.19 bits per heavy atom. The minimum atomic E-state index is -3.41. The molecule has 21 heavy (non-hydrogen) atoms. The summed E-state index contributed by atoms with van der Waals surface area (Å²) >= 11 is 3.36. The van der Waals surface area contributed by atoms with E-state index in [-0.39, 0.29) is 6.04 Å². The van der Waals surface area contributed by atoms with Crippen LogP contribution >= 0.6 is 15.9 Å². The van der Waals surface area contributed by atoms with E-state index < -0.39 is 10.0 Å². The van der Waals surface area contributed by atoms with Gasteiger partial charge in [0.1, 0.15) is 0 Å². The number of benzene rings is 1. The van der Waals surface area contributed by atoms with E-state index in [0.717, 1.165) is 24.0 Å². The summed E-state index contributed by atoms with van der Waals surface area (Å²) in [6.45, 7) is 4.69. The minimum absolute atomic E-state index is 0.238. The third-order valence-corrected chi connectivity index (χ3v) is 6.06. The van der Waals surface area contributed by atoms with Gasteiger partial charge in [0.05, 0.1) is 4.90 Å². The summed E-state index contributed by atoms with van der Waals surface area (Å²) in [5.74, 6) is 0. The summed E-state index contributed by atoms with van der Waals surface area (Å²) < 4.78 is 27.3. The highest BCUT2D eigenvalue weighted by Gasteiger charge is 2.20. The molecule has 1 fully saturated rings. The fourth-order valence-electron chi connectivity index (χ4n) is 2.56. The standard InChI is InChI=1S/C15H23BrN2O2S/c1-13(18-9-3-2-4-10-18)12-17-21(19,20)15-7-5-14(11-16)6-8-15/h5-8,13,17H,2-4,9-12H2,1H3. The second-order valence-electron chi connectivity index (χ2n) is 5.58. The van der Waals surface area contributed by atoms with Gasteiger partial charge in [-0.3, -0.25) is 4.90 Å². The zero-order valence-electron chi connectivity index (χ0n) is 12.4. The summed E-state index contributed by atoms with van der Waals surface area (Å²) in [7, 11) is -3.41. The highest BCUT2D eigenvalue weighted by Crippen LogP contribution is 2.14.